The molecule has 1 unspecified atom stereocenters. The number of carboxylic acid groups (broad SMARTS) is 1. The third-order valence-corrected chi connectivity index (χ3v) is 1.63. The van der Waals surface area contributed by atoms with Gasteiger partial charge in [-0.1, -0.05) is 6.92 Å². The number of hydrogen-bond donors (Lipinski definition) is 3. The molecule has 0 spiro atoms. The van der Waals surface area contributed by atoms with Crippen molar-refractivity contribution in [1.29, 1.82) is 0 Å². The second-order valence-electron chi connectivity index (χ2n) is 1.96. The van der Waals surface area contributed by atoms with Crippen LogP contribution < -0.4 is 9.86 Å². The van der Waals surface area contributed by atoms with Gasteiger partial charge < -0.3 is 5.11 Å². The molecule has 1 atom stereocenters. The lowest BCUT2D eigenvalue weighted by Crippen LogP contribution is -2.43. The van der Waals surface area contributed by atoms with Crippen molar-refractivity contribution in [2.24, 2.45) is 5.14 Å². The Morgan fingerprint density at radius 3 is 2.27 bits per heavy atom. The van der Waals surface area contributed by atoms with Crippen LogP contribution in [0.4, 0.5) is 0 Å². The molecule has 0 aromatic carbocycles. The molecular formula is C4H10N2O4S. The lowest BCUT2D eigenvalue weighted by molar-refractivity contribution is -0.139. The van der Waals surface area contributed by atoms with E-state index in [4.69, 9.17) is 5.11 Å². The summed E-state index contributed by atoms with van der Waals surface area (Å²) in [6.45, 7) is 1.54. The Morgan fingerprint density at radius 1 is 1.73 bits per heavy atom. The van der Waals surface area contributed by atoms with Gasteiger partial charge in [0.2, 0.25) is 0 Å². The standard InChI is InChI=1S/C4H10N2O4S/c1-2-3(4(7)8)6-11(5,9)10/h3,6H,2H2,1H3,(H,7,8)(H2,5,9,10). The first-order chi connectivity index (χ1) is 4.87. The van der Waals surface area contributed by atoms with Crippen molar-refractivity contribution in [3.63, 3.8) is 0 Å². The maximum atomic E-state index is 10.3. The van der Waals surface area contributed by atoms with E-state index < -0.39 is 22.2 Å². The van der Waals surface area contributed by atoms with Crippen LogP contribution in [0.15, 0.2) is 0 Å². The highest BCUT2D eigenvalue weighted by molar-refractivity contribution is 7.87. The Balaban J connectivity index is 4.22. The fourth-order valence-electron chi connectivity index (χ4n) is 0.507. The number of carbonyl (C=O) groups is 1. The summed E-state index contributed by atoms with van der Waals surface area (Å²) in [5, 5.41) is 12.9. The van der Waals surface area contributed by atoms with E-state index in [1.165, 1.54) is 6.92 Å². The highest BCUT2D eigenvalue weighted by Crippen LogP contribution is 1.90. The third-order valence-electron chi connectivity index (χ3n) is 1.01. The summed E-state index contributed by atoms with van der Waals surface area (Å²) in [5.74, 6) is -1.23. The van der Waals surface area contributed by atoms with Crippen LogP contribution in [0.25, 0.3) is 0 Å². The predicted molar refractivity (Wildman–Crippen MR) is 38.0 cm³/mol. The zero-order chi connectivity index (χ0) is 9.07. The minimum Gasteiger partial charge on any atom is -0.480 e. The van der Waals surface area contributed by atoms with E-state index in [1.807, 2.05) is 0 Å². The quantitative estimate of drug-likeness (QED) is 0.499. The van der Waals surface area contributed by atoms with Crippen molar-refractivity contribution in [3.05, 3.63) is 0 Å². The molecule has 0 rings (SSSR count). The average Bonchev–Trinajstić information content (AvgIpc) is 1.80. The molecule has 4 N–H and O–H groups in total. The summed E-state index contributed by atoms with van der Waals surface area (Å²) in [6.07, 6.45) is 0.158. The molecule has 0 aromatic rings. The summed E-state index contributed by atoms with van der Waals surface area (Å²) >= 11 is 0. The first kappa shape index (κ1) is 10.3. The molecule has 0 saturated heterocycles. The van der Waals surface area contributed by atoms with Gasteiger partial charge in [0, 0.05) is 0 Å². The van der Waals surface area contributed by atoms with Crippen molar-refractivity contribution >= 4 is 16.2 Å². The van der Waals surface area contributed by atoms with Crippen LogP contribution >= 0.6 is 0 Å². The van der Waals surface area contributed by atoms with Crippen LogP contribution in [0, 0.1) is 0 Å². The minimum absolute atomic E-state index is 0.158. The fraction of sp³-hybridized carbons (Fsp3) is 0.750. The maximum Gasteiger partial charge on any atom is 0.321 e. The largest absolute Gasteiger partial charge is 0.480 e. The Kier molecular flexibility index (Phi) is 3.43. The van der Waals surface area contributed by atoms with Gasteiger partial charge in [0.1, 0.15) is 6.04 Å². The van der Waals surface area contributed by atoms with Crippen LogP contribution in [0.1, 0.15) is 13.3 Å². The van der Waals surface area contributed by atoms with Crippen molar-refractivity contribution in [1.82, 2.24) is 4.72 Å². The molecule has 0 bridgehead atoms. The summed E-state index contributed by atoms with van der Waals surface area (Å²) in [6, 6.07) is -1.13. The molecule has 11 heavy (non-hydrogen) atoms. The zero-order valence-corrected chi connectivity index (χ0v) is 6.76. The number of aliphatic carboxylic acids is 1. The Morgan fingerprint density at radius 2 is 2.18 bits per heavy atom. The fourth-order valence-corrected chi connectivity index (χ4v) is 1.17. The third kappa shape index (κ3) is 4.71. The molecule has 0 aliphatic rings. The summed E-state index contributed by atoms with van der Waals surface area (Å²) in [7, 11) is -3.91. The number of hydrogen-bond acceptors (Lipinski definition) is 3. The highest BCUT2D eigenvalue weighted by atomic mass is 32.2. The average molecular weight is 182 g/mol. The Bertz CT molecular complexity index is 234. The highest BCUT2D eigenvalue weighted by Gasteiger charge is 2.18. The van der Waals surface area contributed by atoms with E-state index in [0.717, 1.165) is 0 Å². The van der Waals surface area contributed by atoms with Crippen molar-refractivity contribution in [2.75, 3.05) is 0 Å². The van der Waals surface area contributed by atoms with Crippen LogP contribution in [-0.2, 0) is 15.0 Å². The van der Waals surface area contributed by atoms with E-state index in [2.05, 4.69) is 5.14 Å². The molecule has 0 amide bonds. The number of nitrogens with one attached hydrogen (secondary N) is 1. The van der Waals surface area contributed by atoms with Gasteiger partial charge in [0.15, 0.2) is 0 Å². The van der Waals surface area contributed by atoms with Gasteiger partial charge >= 0.3 is 5.97 Å². The molecule has 0 radical (unpaired) electrons. The van der Waals surface area contributed by atoms with Crippen molar-refractivity contribution in [2.45, 2.75) is 19.4 Å². The Hall–Kier alpha value is -0.660. The van der Waals surface area contributed by atoms with E-state index in [0.29, 0.717) is 0 Å². The number of carboxylic acids is 1. The predicted octanol–water partition coefficient (Wildman–Crippen LogP) is -1.36. The zero-order valence-electron chi connectivity index (χ0n) is 5.94. The second-order valence-corrected chi connectivity index (χ2v) is 3.29. The molecule has 0 aromatic heterocycles. The van der Waals surface area contributed by atoms with Gasteiger partial charge in [-0.25, -0.2) is 5.14 Å². The van der Waals surface area contributed by atoms with Crippen LogP contribution in [0.5, 0.6) is 0 Å². The first-order valence-corrected chi connectivity index (χ1v) is 4.44. The van der Waals surface area contributed by atoms with Crippen LogP contribution in [0.3, 0.4) is 0 Å². The lowest BCUT2D eigenvalue weighted by Gasteiger charge is -2.08. The maximum absolute atomic E-state index is 10.3. The second kappa shape index (κ2) is 3.65. The van der Waals surface area contributed by atoms with E-state index >= 15 is 0 Å². The lowest BCUT2D eigenvalue weighted by atomic mass is 10.2. The van der Waals surface area contributed by atoms with Gasteiger partial charge in [0.05, 0.1) is 0 Å². The van der Waals surface area contributed by atoms with Crippen molar-refractivity contribution in [3.8, 4) is 0 Å². The molecule has 0 heterocycles. The Labute approximate surface area is 64.6 Å². The number of nitrogens with two attached hydrogens (primary N) is 1. The van der Waals surface area contributed by atoms with Gasteiger partial charge in [-0.2, -0.15) is 13.1 Å². The molecular weight excluding hydrogens is 172 g/mol. The van der Waals surface area contributed by atoms with Gasteiger partial charge in [-0.3, -0.25) is 4.79 Å². The molecule has 0 aliphatic carbocycles. The van der Waals surface area contributed by atoms with E-state index in [1.54, 1.807) is 4.72 Å². The molecule has 7 heteroatoms. The SMILES string of the molecule is CCC(NS(N)(=O)=O)C(=O)O. The normalized spacial score (nSPS) is 14.4. The van der Waals surface area contributed by atoms with E-state index in [-0.39, 0.29) is 6.42 Å². The number of rotatable bonds is 4. The van der Waals surface area contributed by atoms with Gasteiger partial charge in [0.25, 0.3) is 10.2 Å². The molecule has 6 nitrogen and oxygen atoms in total. The summed E-state index contributed by atoms with van der Waals surface area (Å²) in [5.41, 5.74) is 0. The van der Waals surface area contributed by atoms with Crippen LogP contribution in [0.2, 0.25) is 0 Å². The van der Waals surface area contributed by atoms with Crippen LogP contribution in [-0.4, -0.2) is 25.5 Å². The molecule has 66 valence electrons. The molecule has 0 aliphatic heterocycles. The minimum atomic E-state index is -3.91. The monoisotopic (exact) mass is 182 g/mol. The molecule has 0 saturated carbocycles. The van der Waals surface area contributed by atoms with Crippen molar-refractivity contribution < 1.29 is 18.3 Å². The topological polar surface area (TPSA) is 109 Å². The molecule has 0 fully saturated rings. The first-order valence-electron chi connectivity index (χ1n) is 2.89. The van der Waals surface area contributed by atoms with Gasteiger partial charge in [-0.05, 0) is 6.42 Å². The summed E-state index contributed by atoms with van der Waals surface area (Å²) in [4.78, 5) is 10.2. The van der Waals surface area contributed by atoms with E-state index in [9.17, 15) is 13.2 Å². The smallest absolute Gasteiger partial charge is 0.321 e. The summed E-state index contributed by atoms with van der Waals surface area (Å²) < 4.78 is 22.4. The van der Waals surface area contributed by atoms with Gasteiger partial charge in [-0.15, -0.1) is 0 Å².